The highest BCUT2D eigenvalue weighted by Gasteiger charge is 2.20. The Labute approximate surface area is 213 Å². The summed E-state index contributed by atoms with van der Waals surface area (Å²) < 4.78 is 21.1. The Kier molecular flexibility index (Phi) is 8.91. The van der Waals surface area contributed by atoms with E-state index in [1.165, 1.54) is 16.8 Å². The standard InChI is InChI=1S/C23H24FN3O2.C4H4O4/c1-15(14-26(2)3)29-20-10-8-19(9-11-20)27-22(28)12-17-5-4-16-6-7-18(24)13-21(16)23(17)25-27;5-3(6)1-2-4(7)8/h6-13,15H,4-5,14H2,1-3H3;1-2H,(H,5,6)(H,7,8)/b;2-1+. The number of aryl methyl sites for hydroxylation is 2. The van der Waals surface area contributed by atoms with Crippen LogP contribution in [0.4, 0.5) is 4.39 Å². The van der Waals surface area contributed by atoms with Crippen LogP contribution in [0, 0.1) is 5.82 Å². The average molecular weight is 510 g/mol. The van der Waals surface area contributed by atoms with E-state index >= 15 is 0 Å². The van der Waals surface area contributed by atoms with Crippen molar-refractivity contribution in [3.05, 3.63) is 88.0 Å². The van der Waals surface area contributed by atoms with Gasteiger partial charge in [0.05, 0.1) is 11.4 Å². The minimum absolute atomic E-state index is 0.0480. The van der Waals surface area contributed by atoms with E-state index in [9.17, 15) is 18.8 Å². The van der Waals surface area contributed by atoms with Gasteiger partial charge in [0.25, 0.3) is 5.56 Å². The zero-order valence-corrected chi connectivity index (χ0v) is 20.7. The number of aromatic nitrogens is 2. The van der Waals surface area contributed by atoms with Crippen molar-refractivity contribution in [1.82, 2.24) is 14.7 Å². The second-order valence-corrected chi connectivity index (χ2v) is 8.76. The number of halogens is 1. The van der Waals surface area contributed by atoms with E-state index in [0.717, 1.165) is 41.8 Å². The number of nitrogens with zero attached hydrogens (tertiary/aromatic N) is 3. The van der Waals surface area contributed by atoms with E-state index in [4.69, 9.17) is 14.9 Å². The predicted octanol–water partition coefficient (Wildman–Crippen LogP) is 3.18. The Morgan fingerprint density at radius 2 is 1.68 bits per heavy atom. The number of carboxylic acids is 2. The van der Waals surface area contributed by atoms with Gasteiger partial charge in [0, 0.05) is 30.3 Å². The van der Waals surface area contributed by atoms with E-state index in [1.807, 2.05) is 45.3 Å². The van der Waals surface area contributed by atoms with Crippen LogP contribution < -0.4 is 10.3 Å². The zero-order valence-electron chi connectivity index (χ0n) is 20.7. The highest BCUT2D eigenvalue weighted by molar-refractivity contribution is 5.89. The number of carbonyl (C=O) groups is 2. The molecule has 0 radical (unpaired) electrons. The van der Waals surface area contributed by atoms with Crippen molar-refractivity contribution >= 4 is 11.9 Å². The lowest BCUT2D eigenvalue weighted by atomic mass is 9.89. The number of likely N-dealkylation sites (N-methyl/N-ethyl adjacent to an activating group) is 1. The number of carboxylic acid groups (broad SMARTS) is 2. The summed E-state index contributed by atoms with van der Waals surface area (Å²) in [7, 11) is 4.00. The molecule has 0 spiro atoms. The van der Waals surface area contributed by atoms with Crippen LogP contribution in [-0.4, -0.2) is 63.6 Å². The van der Waals surface area contributed by atoms with Crippen molar-refractivity contribution in [2.24, 2.45) is 0 Å². The first-order valence-electron chi connectivity index (χ1n) is 11.5. The van der Waals surface area contributed by atoms with Gasteiger partial charge in [-0.25, -0.2) is 14.0 Å². The molecule has 0 bridgehead atoms. The Morgan fingerprint density at radius 1 is 1.05 bits per heavy atom. The lowest BCUT2D eigenvalue weighted by Gasteiger charge is -2.20. The van der Waals surface area contributed by atoms with Gasteiger partial charge < -0.3 is 19.8 Å². The summed E-state index contributed by atoms with van der Waals surface area (Å²) in [5.74, 6) is -2.08. The van der Waals surface area contributed by atoms with Gasteiger partial charge in [-0.05, 0) is 81.4 Å². The maximum atomic E-state index is 13.8. The molecule has 1 unspecified atom stereocenters. The van der Waals surface area contributed by atoms with E-state index < -0.39 is 11.9 Å². The molecular formula is C27H28FN3O6. The Balaban J connectivity index is 0.000000414. The van der Waals surface area contributed by atoms with Gasteiger partial charge >= 0.3 is 11.9 Å². The third kappa shape index (κ3) is 7.58. The van der Waals surface area contributed by atoms with Gasteiger partial charge in [0.1, 0.15) is 17.7 Å². The molecule has 1 aromatic heterocycles. The second kappa shape index (κ2) is 12.1. The third-order valence-electron chi connectivity index (χ3n) is 5.41. The number of hydrogen-bond donors (Lipinski definition) is 2. The largest absolute Gasteiger partial charge is 0.489 e. The van der Waals surface area contributed by atoms with Gasteiger partial charge in [-0.15, -0.1) is 0 Å². The Morgan fingerprint density at radius 3 is 2.27 bits per heavy atom. The summed E-state index contributed by atoms with van der Waals surface area (Å²) in [5.41, 5.74) is 3.80. The molecule has 10 heteroatoms. The molecule has 0 fully saturated rings. The normalized spacial score (nSPS) is 12.8. The number of benzene rings is 2. The Hall–Kier alpha value is -4.31. The number of rotatable bonds is 7. The minimum Gasteiger partial charge on any atom is -0.489 e. The molecule has 2 aromatic carbocycles. The van der Waals surface area contributed by atoms with Crippen LogP contribution in [0.25, 0.3) is 16.9 Å². The molecule has 0 aliphatic heterocycles. The molecule has 9 nitrogen and oxygen atoms in total. The summed E-state index contributed by atoms with van der Waals surface area (Å²) in [6.45, 7) is 2.82. The van der Waals surface area contributed by atoms with Crippen LogP contribution in [0.3, 0.4) is 0 Å². The van der Waals surface area contributed by atoms with Gasteiger partial charge in [-0.1, -0.05) is 6.07 Å². The summed E-state index contributed by atoms with van der Waals surface area (Å²) in [5, 5.41) is 20.2. The molecule has 37 heavy (non-hydrogen) atoms. The van der Waals surface area contributed by atoms with Crippen molar-refractivity contribution in [3.63, 3.8) is 0 Å². The molecule has 0 saturated carbocycles. The summed E-state index contributed by atoms with van der Waals surface area (Å²) >= 11 is 0. The lowest BCUT2D eigenvalue weighted by molar-refractivity contribution is -0.134. The van der Waals surface area contributed by atoms with Crippen molar-refractivity contribution < 1.29 is 28.9 Å². The fraction of sp³-hybridized carbons (Fsp3) is 0.259. The van der Waals surface area contributed by atoms with Crippen LogP contribution in [0.2, 0.25) is 0 Å². The van der Waals surface area contributed by atoms with Crippen LogP contribution in [0.15, 0.2) is 65.5 Å². The first kappa shape index (κ1) is 27.3. The highest BCUT2D eigenvalue weighted by atomic mass is 19.1. The van der Waals surface area contributed by atoms with Gasteiger partial charge in [0.15, 0.2) is 0 Å². The van der Waals surface area contributed by atoms with Crippen molar-refractivity contribution in [3.8, 4) is 22.7 Å². The molecule has 1 atom stereocenters. The third-order valence-corrected chi connectivity index (χ3v) is 5.41. The predicted molar refractivity (Wildman–Crippen MR) is 136 cm³/mol. The average Bonchev–Trinajstić information content (AvgIpc) is 2.82. The van der Waals surface area contributed by atoms with E-state index in [2.05, 4.69) is 10.00 Å². The maximum Gasteiger partial charge on any atom is 0.328 e. The summed E-state index contributed by atoms with van der Waals surface area (Å²) in [6.07, 6.45) is 2.68. The van der Waals surface area contributed by atoms with Crippen LogP contribution >= 0.6 is 0 Å². The van der Waals surface area contributed by atoms with Crippen molar-refractivity contribution in [1.29, 1.82) is 0 Å². The molecule has 2 N–H and O–H groups in total. The number of fused-ring (bicyclic) bond motifs is 3. The minimum atomic E-state index is -1.26. The lowest BCUT2D eigenvalue weighted by Crippen LogP contribution is -2.28. The number of aliphatic carboxylic acids is 2. The van der Waals surface area contributed by atoms with Crippen LogP contribution in [-0.2, 0) is 22.4 Å². The molecule has 0 amide bonds. The molecule has 1 aliphatic carbocycles. The second-order valence-electron chi connectivity index (χ2n) is 8.76. The molecule has 3 aromatic rings. The van der Waals surface area contributed by atoms with E-state index in [1.54, 1.807) is 12.1 Å². The van der Waals surface area contributed by atoms with Gasteiger partial charge in [-0.3, -0.25) is 4.79 Å². The topological polar surface area (TPSA) is 122 Å². The molecule has 194 valence electrons. The maximum absolute atomic E-state index is 13.8. The smallest absolute Gasteiger partial charge is 0.328 e. The van der Waals surface area contributed by atoms with Gasteiger partial charge in [0.2, 0.25) is 0 Å². The quantitative estimate of drug-likeness (QED) is 0.466. The number of hydrogen-bond acceptors (Lipinski definition) is 6. The molecular weight excluding hydrogens is 481 g/mol. The summed E-state index contributed by atoms with van der Waals surface area (Å²) in [4.78, 5) is 33.8. The zero-order chi connectivity index (χ0) is 27.1. The molecule has 0 saturated heterocycles. The molecule has 4 rings (SSSR count). The first-order chi connectivity index (χ1) is 17.5. The molecule has 1 aliphatic rings. The van der Waals surface area contributed by atoms with Gasteiger partial charge in [-0.2, -0.15) is 9.78 Å². The monoisotopic (exact) mass is 509 g/mol. The van der Waals surface area contributed by atoms with Crippen molar-refractivity contribution in [2.75, 3.05) is 20.6 Å². The first-order valence-corrected chi connectivity index (χ1v) is 11.5. The fourth-order valence-electron chi connectivity index (χ4n) is 3.94. The summed E-state index contributed by atoms with van der Waals surface area (Å²) in [6, 6.07) is 13.7. The Bertz CT molecular complexity index is 1350. The number of ether oxygens (including phenoxy) is 1. The van der Waals surface area contributed by atoms with E-state index in [0.29, 0.717) is 23.5 Å². The SMILES string of the molecule is CC(CN(C)C)Oc1ccc(-n2nc3c(cc2=O)CCc2ccc(F)cc2-3)cc1.O=C(O)/C=C/C(=O)O. The van der Waals surface area contributed by atoms with Crippen LogP contribution in [0.1, 0.15) is 18.1 Å². The molecule has 1 heterocycles. The van der Waals surface area contributed by atoms with Crippen molar-refractivity contribution in [2.45, 2.75) is 25.9 Å². The van der Waals surface area contributed by atoms with E-state index in [-0.39, 0.29) is 17.5 Å². The highest BCUT2D eigenvalue weighted by Crippen LogP contribution is 2.31. The fourth-order valence-corrected chi connectivity index (χ4v) is 3.94. The van der Waals surface area contributed by atoms with Crippen LogP contribution in [0.5, 0.6) is 5.75 Å².